The lowest BCUT2D eigenvalue weighted by atomic mass is 9.95. The van der Waals surface area contributed by atoms with Crippen LogP contribution in [0.4, 0.5) is 0 Å². The van der Waals surface area contributed by atoms with Crippen LogP contribution in [0.25, 0.3) is 0 Å². The average Bonchev–Trinajstić information content (AvgIpc) is 2.46. The van der Waals surface area contributed by atoms with E-state index in [1.807, 2.05) is 12.1 Å². The van der Waals surface area contributed by atoms with E-state index < -0.39 is 0 Å². The Balaban J connectivity index is 1.95. The number of halogens is 1. The summed E-state index contributed by atoms with van der Waals surface area (Å²) in [6.07, 6.45) is 5.19. The van der Waals surface area contributed by atoms with E-state index in [0.717, 1.165) is 23.9 Å². The van der Waals surface area contributed by atoms with E-state index in [2.05, 4.69) is 17.4 Å². The molecule has 0 amide bonds. The highest BCUT2D eigenvalue weighted by atomic mass is 35.5. The molecule has 0 radical (unpaired) electrons. The summed E-state index contributed by atoms with van der Waals surface area (Å²) in [7, 11) is 0. The summed E-state index contributed by atoms with van der Waals surface area (Å²) < 4.78 is 0. The molecule has 2 heteroatoms. The first kappa shape index (κ1) is 11.0. The van der Waals surface area contributed by atoms with E-state index in [1.54, 1.807) is 0 Å². The van der Waals surface area contributed by atoms with E-state index in [9.17, 15) is 0 Å². The molecule has 1 saturated heterocycles. The largest absolute Gasteiger partial charge is 0.316 e. The Hall–Kier alpha value is -0.530. The fraction of sp³-hybridized carbons (Fsp3) is 0.538. The van der Waals surface area contributed by atoms with Crippen LogP contribution in [-0.2, 0) is 6.42 Å². The Morgan fingerprint density at radius 2 is 2.27 bits per heavy atom. The highest BCUT2D eigenvalue weighted by molar-refractivity contribution is 6.30. The molecule has 82 valence electrons. The summed E-state index contributed by atoms with van der Waals surface area (Å²) in [5.74, 6) is 0.783. The second-order valence-corrected chi connectivity index (χ2v) is 4.84. The molecule has 1 unspecified atom stereocenters. The maximum atomic E-state index is 5.98. The molecule has 1 atom stereocenters. The minimum absolute atomic E-state index is 0.783. The first-order valence-electron chi connectivity index (χ1n) is 5.80. The molecule has 1 heterocycles. The third-order valence-electron chi connectivity index (χ3n) is 3.06. The van der Waals surface area contributed by atoms with E-state index in [1.165, 1.54) is 31.4 Å². The maximum Gasteiger partial charge on any atom is 0.0408 e. The molecular weight excluding hydrogens is 206 g/mol. The lowest BCUT2D eigenvalue weighted by Crippen LogP contribution is -2.21. The van der Waals surface area contributed by atoms with Crippen LogP contribution in [0.2, 0.25) is 5.02 Å². The van der Waals surface area contributed by atoms with Gasteiger partial charge in [-0.25, -0.2) is 0 Å². The Morgan fingerprint density at radius 1 is 1.33 bits per heavy atom. The highest BCUT2D eigenvalue weighted by Gasteiger charge is 2.12. The van der Waals surface area contributed by atoms with Crippen molar-refractivity contribution in [3.63, 3.8) is 0 Å². The topological polar surface area (TPSA) is 12.0 Å². The molecule has 1 aliphatic rings. The lowest BCUT2D eigenvalue weighted by molar-refractivity contribution is 0.477. The van der Waals surface area contributed by atoms with Gasteiger partial charge in [0, 0.05) is 5.02 Å². The minimum Gasteiger partial charge on any atom is -0.316 e. The molecule has 2 rings (SSSR count). The Morgan fingerprint density at radius 3 is 3.13 bits per heavy atom. The van der Waals surface area contributed by atoms with Gasteiger partial charge < -0.3 is 5.32 Å². The van der Waals surface area contributed by atoms with Crippen LogP contribution in [0.1, 0.15) is 24.8 Å². The van der Waals surface area contributed by atoms with Crippen molar-refractivity contribution in [1.29, 1.82) is 0 Å². The summed E-state index contributed by atoms with van der Waals surface area (Å²) in [5, 5.41) is 4.35. The second-order valence-electron chi connectivity index (χ2n) is 4.40. The molecule has 0 spiro atoms. The Labute approximate surface area is 96.8 Å². The van der Waals surface area contributed by atoms with Crippen molar-refractivity contribution in [3.8, 4) is 0 Å². The van der Waals surface area contributed by atoms with E-state index >= 15 is 0 Å². The van der Waals surface area contributed by atoms with Crippen LogP contribution >= 0.6 is 11.6 Å². The van der Waals surface area contributed by atoms with Crippen molar-refractivity contribution in [2.75, 3.05) is 13.1 Å². The third-order valence-corrected chi connectivity index (χ3v) is 3.30. The molecule has 0 aliphatic carbocycles. The Bertz CT molecular complexity index is 303. The predicted octanol–water partition coefficient (Wildman–Crippen LogP) is 3.27. The van der Waals surface area contributed by atoms with Crippen LogP contribution in [0.15, 0.2) is 24.3 Å². The zero-order chi connectivity index (χ0) is 10.5. The van der Waals surface area contributed by atoms with Crippen molar-refractivity contribution in [3.05, 3.63) is 34.9 Å². The zero-order valence-corrected chi connectivity index (χ0v) is 9.76. The number of nitrogens with one attached hydrogen (secondary N) is 1. The van der Waals surface area contributed by atoms with Gasteiger partial charge in [0.25, 0.3) is 0 Å². The predicted molar refractivity (Wildman–Crippen MR) is 65.4 cm³/mol. The van der Waals surface area contributed by atoms with Crippen molar-refractivity contribution < 1.29 is 0 Å². The van der Waals surface area contributed by atoms with Crippen LogP contribution in [0.5, 0.6) is 0 Å². The minimum atomic E-state index is 0.783. The zero-order valence-electron chi connectivity index (χ0n) is 9.01. The standard InChI is InChI=1S/C13H18ClN/c14-13-6-3-5-11(9-13)8-12-4-1-2-7-15-10-12/h3,5-6,9,12,15H,1-2,4,7-8,10H2. The molecule has 1 N–H and O–H groups in total. The summed E-state index contributed by atoms with van der Waals surface area (Å²) in [6.45, 7) is 2.35. The van der Waals surface area contributed by atoms with Gasteiger partial charge in [-0.3, -0.25) is 0 Å². The first-order valence-corrected chi connectivity index (χ1v) is 6.17. The first-order chi connectivity index (χ1) is 7.34. The Kier molecular flexibility index (Phi) is 4.04. The van der Waals surface area contributed by atoms with Gasteiger partial charge in [-0.1, -0.05) is 30.2 Å². The molecule has 1 aromatic rings. The summed E-state index contributed by atoms with van der Waals surface area (Å²) in [4.78, 5) is 0. The third kappa shape index (κ3) is 3.51. The molecule has 0 saturated carbocycles. The van der Waals surface area contributed by atoms with Crippen molar-refractivity contribution in [1.82, 2.24) is 5.32 Å². The summed E-state index contributed by atoms with van der Waals surface area (Å²) in [6, 6.07) is 8.25. The smallest absolute Gasteiger partial charge is 0.0408 e. The van der Waals surface area contributed by atoms with E-state index in [4.69, 9.17) is 11.6 Å². The van der Waals surface area contributed by atoms with Gasteiger partial charge in [-0.15, -0.1) is 0 Å². The number of hydrogen-bond acceptors (Lipinski definition) is 1. The second kappa shape index (κ2) is 5.53. The van der Waals surface area contributed by atoms with Crippen LogP contribution in [0.3, 0.4) is 0 Å². The van der Waals surface area contributed by atoms with Gasteiger partial charge in [0.1, 0.15) is 0 Å². The molecule has 0 bridgehead atoms. The molecule has 15 heavy (non-hydrogen) atoms. The van der Waals surface area contributed by atoms with Gasteiger partial charge in [0.2, 0.25) is 0 Å². The number of hydrogen-bond donors (Lipinski definition) is 1. The molecular formula is C13H18ClN. The molecule has 0 aromatic heterocycles. The van der Waals surface area contributed by atoms with Gasteiger partial charge in [-0.2, -0.15) is 0 Å². The quantitative estimate of drug-likeness (QED) is 0.812. The van der Waals surface area contributed by atoms with Crippen LogP contribution < -0.4 is 5.32 Å². The maximum absolute atomic E-state index is 5.98. The molecule has 1 nitrogen and oxygen atoms in total. The average molecular weight is 224 g/mol. The lowest BCUT2D eigenvalue weighted by Gasteiger charge is -2.14. The van der Waals surface area contributed by atoms with Crippen molar-refractivity contribution in [2.45, 2.75) is 25.7 Å². The molecule has 1 aliphatic heterocycles. The van der Waals surface area contributed by atoms with E-state index in [0.29, 0.717) is 0 Å². The summed E-state index contributed by atoms with van der Waals surface area (Å²) >= 11 is 5.98. The summed E-state index contributed by atoms with van der Waals surface area (Å²) in [5.41, 5.74) is 1.37. The van der Waals surface area contributed by atoms with Crippen LogP contribution in [0, 0.1) is 5.92 Å². The molecule has 1 fully saturated rings. The normalized spacial score (nSPS) is 22.3. The SMILES string of the molecule is Clc1cccc(CC2CCCCNC2)c1. The van der Waals surface area contributed by atoms with Crippen molar-refractivity contribution in [2.24, 2.45) is 5.92 Å². The van der Waals surface area contributed by atoms with E-state index in [-0.39, 0.29) is 0 Å². The van der Waals surface area contributed by atoms with Gasteiger partial charge in [0.05, 0.1) is 0 Å². The number of rotatable bonds is 2. The number of benzene rings is 1. The van der Waals surface area contributed by atoms with Crippen molar-refractivity contribution >= 4 is 11.6 Å². The fourth-order valence-corrected chi connectivity index (χ4v) is 2.48. The van der Waals surface area contributed by atoms with Gasteiger partial charge in [-0.05, 0) is 56.0 Å². The van der Waals surface area contributed by atoms with Gasteiger partial charge >= 0.3 is 0 Å². The highest BCUT2D eigenvalue weighted by Crippen LogP contribution is 2.19. The molecule has 1 aromatic carbocycles. The fourth-order valence-electron chi connectivity index (χ4n) is 2.26. The monoisotopic (exact) mass is 223 g/mol. The van der Waals surface area contributed by atoms with Gasteiger partial charge in [0.15, 0.2) is 0 Å². The van der Waals surface area contributed by atoms with Crippen LogP contribution in [-0.4, -0.2) is 13.1 Å².